The van der Waals surface area contributed by atoms with Gasteiger partial charge in [0, 0.05) is 5.02 Å². The Hall–Kier alpha value is -3.63. The topological polar surface area (TPSA) is 112 Å². The number of carboxylic acid groups (broad SMARTS) is 1. The summed E-state index contributed by atoms with van der Waals surface area (Å²) in [5.41, 5.74) is -1.02. The summed E-state index contributed by atoms with van der Waals surface area (Å²) in [6.45, 7) is 0. The molecule has 0 radical (unpaired) electrons. The minimum absolute atomic E-state index is 0.0115. The Morgan fingerprint density at radius 2 is 1.19 bits per heavy atom. The normalized spacial score (nSPS) is 12.4. The second-order valence-corrected chi connectivity index (χ2v) is 11.4. The Labute approximate surface area is 272 Å². The molecule has 0 spiro atoms. The van der Waals surface area contributed by atoms with Gasteiger partial charge < -0.3 is 5.11 Å². The monoisotopic (exact) mass is 694 g/mol. The molecule has 1 N–H and O–H groups in total. The molecule has 0 atom stereocenters. The molecule has 0 aliphatic carbocycles. The van der Waals surface area contributed by atoms with Crippen LogP contribution in [0.15, 0.2) is 66.7 Å². The van der Waals surface area contributed by atoms with Gasteiger partial charge in [0.2, 0.25) is 0 Å². The van der Waals surface area contributed by atoms with E-state index in [0.29, 0.717) is 4.90 Å². The predicted octanol–water partition coefficient (Wildman–Crippen LogP) is 8.59. The van der Waals surface area contributed by atoms with Gasteiger partial charge in [0.25, 0.3) is 23.6 Å². The van der Waals surface area contributed by atoms with Gasteiger partial charge in [-0.2, -0.15) is 0 Å². The Morgan fingerprint density at radius 3 is 1.74 bits per heavy atom. The molecule has 216 valence electrons. The quantitative estimate of drug-likeness (QED) is 0.209. The van der Waals surface area contributed by atoms with E-state index in [1.165, 1.54) is 60.7 Å². The summed E-state index contributed by atoms with van der Waals surface area (Å²) in [7, 11) is 0. The fraction of sp³-hybridized carbons (Fsp3) is 0. The van der Waals surface area contributed by atoms with Crippen molar-refractivity contribution in [3.63, 3.8) is 0 Å². The van der Waals surface area contributed by atoms with E-state index in [0.717, 1.165) is 11.0 Å². The first-order chi connectivity index (χ1) is 20.3. The highest BCUT2D eigenvalue weighted by molar-refractivity contribution is 6.47. The van der Waals surface area contributed by atoms with Gasteiger partial charge in [-0.05, 0) is 60.7 Å². The molecule has 0 aromatic heterocycles. The van der Waals surface area contributed by atoms with Gasteiger partial charge in [0.05, 0.1) is 64.3 Å². The average Bonchev–Trinajstić information content (AvgIpc) is 3.18. The van der Waals surface area contributed by atoms with Crippen molar-refractivity contribution < 1.29 is 29.1 Å². The van der Waals surface area contributed by atoms with Crippen molar-refractivity contribution in [3.8, 4) is 0 Å². The summed E-state index contributed by atoms with van der Waals surface area (Å²) in [6.07, 6.45) is 0. The second-order valence-electron chi connectivity index (χ2n) is 8.93. The number of fused-ring (bicyclic) bond motifs is 1. The molecule has 43 heavy (non-hydrogen) atoms. The number of nitrogens with zero attached hydrogens (tertiary/aromatic N) is 2. The summed E-state index contributed by atoms with van der Waals surface area (Å²) in [5.74, 6) is -4.79. The number of anilines is 2. The third kappa shape index (κ3) is 5.47. The van der Waals surface area contributed by atoms with Gasteiger partial charge in [-0.15, -0.1) is 0 Å². The zero-order chi connectivity index (χ0) is 31.3. The van der Waals surface area contributed by atoms with E-state index < -0.39 is 29.6 Å². The van der Waals surface area contributed by atoms with Crippen LogP contribution in [0.2, 0.25) is 30.1 Å². The Balaban J connectivity index is 1.62. The van der Waals surface area contributed by atoms with Crippen molar-refractivity contribution >= 4 is 111 Å². The minimum atomic E-state index is -1.28. The van der Waals surface area contributed by atoms with Crippen LogP contribution in [0.5, 0.6) is 0 Å². The zero-order valence-corrected chi connectivity index (χ0v) is 25.5. The number of aromatic carboxylic acids is 1. The van der Waals surface area contributed by atoms with E-state index >= 15 is 0 Å². The number of benzene rings is 4. The number of hydrogen-bond donors (Lipinski definition) is 1. The molecule has 4 amide bonds. The number of halogens is 6. The highest BCUT2D eigenvalue weighted by Gasteiger charge is 2.38. The lowest BCUT2D eigenvalue weighted by Gasteiger charge is -2.25. The largest absolute Gasteiger partial charge is 0.478 e. The minimum Gasteiger partial charge on any atom is -0.478 e. The molecule has 1 aliphatic heterocycles. The molecule has 0 saturated heterocycles. The van der Waals surface area contributed by atoms with Crippen molar-refractivity contribution in [3.05, 3.63) is 125 Å². The van der Waals surface area contributed by atoms with Gasteiger partial charge in [-0.3, -0.25) is 19.2 Å². The molecule has 0 bridgehead atoms. The molecule has 4 aromatic rings. The van der Waals surface area contributed by atoms with Crippen LogP contribution in [0.25, 0.3) is 0 Å². The van der Waals surface area contributed by atoms with Crippen molar-refractivity contribution in [1.29, 1.82) is 0 Å². The average molecular weight is 697 g/mol. The molecular formula is C29H12Cl6N2O6. The lowest BCUT2D eigenvalue weighted by atomic mass is 10.1. The maximum Gasteiger partial charge on any atom is 0.335 e. The SMILES string of the molecule is O=C(O)c1ccc2c(c1)C(=O)N(c1ccc(N(C(=O)c3c(Cl)cccc3Cl)C(=O)c3c(Cl)cc(Cl)cc3Cl)c(Cl)c1)C2=O. The summed E-state index contributed by atoms with van der Waals surface area (Å²) >= 11 is 37.8. The molecule has 0 saturated carbocycles. The highest BCUT2D eigenvalue weighted by atomic mass is 35.5. The maximum atomic E-state index is 14.0. The fourth-order valence-electron chi connectivity index (χ4n) is 4.41. The van der Waals surface area contributed by atoms with Crippen LogP contribution in [-0.2, 0) is 0 Å². The van der Waals surface area contributed by atoms with Crippen LogP contribution in [0.3, 0.4) is 0 Å². The number of hydrogen-bond acceptors (Lipinski definition) is 5. The van der Waals surface area contributed by atoms with Gasteiger partial charge in [0.1, 0.15) is 0 Å². The summed E-state index contributed by atoms with van der Waals surface area (Å²) in [6, 6.07) is 14.0. The number of carbonyl (C=O) groups is 5. The van der Waals surface area contributed by atoms with E-state index in [1.807, 2.05) is 0 Å². The lowest BCUT2D eigenvalue weighted by molar-refractivity contribution is 0.0695. The summed E-state index contributed by atoms with van der Waals surface area (Å²) in [5, 5.41) is 8.72. The molecule has 8 nitrogen and oxygen atoms in total. The fourth-order valence-corrected chi connectivity index (χ4v) is 6.20. The van der Waals surface area contributed by atoms with E-state index in [9.17, 15) is 29.1 Å². The second kappa shape index (κ2) is 11.8. The van der Waals surface area contributed by atoms with Crippen LogP contribution < -0.4 is 9.80 Å². The van der Waals surface area contributed by atoms with Crippen molar-refractivity contribution in [1.82, 2.24) is 0 Å². The smallest absolute Gasteiger partial charge is 0.335 e. The van der Waals surface area contributed by atoms with Gasteiger partial charge in [0.15, 0.2) is 0 Å². The van der Waals surface area contributed by atoms with Crippen molar-refractivity contribution in [2.24, 2.45) is 0 Å². The first kappa shape index (κ1) is 30.8. The van der Waals surface area contributed by atoms with E-state index in [2.05, 4.69) is 0 Å². The summed E-state index contributed by atoms with van der Waals surface area (Å²) in [4.78, 5) is 67.0. The number of carboxylic acids is 1. The Morgan fingerprint density at radius 1 is 0.628 bits per heavy atom. The number of amides is 4. The molecule has 4 aromatic carbocycles. The molecule has 14 heteroatoms. The third-order valence-corrected chi connectivity index (χ3v) is 8.11. The summed E-state index contributed by atoms with van der Waals surface area (Å²) < 4.78 is 0. The molecule has 0 unspecified atom stereocenters. The van der Waals surface area contributed by atoms with Gasteiger partial charge >= 0.3 is 5.97 Å². The van der Waals surface area contributed by atoms with Gasteiger partial charge in [-0.25, -0.2) is 14.6 Å². The number of carbonyl (C=O) groups excluding carboxylic acids is 4. The predicted molar refractivity (Wildman–Crippen MR) is 165 cm³/mol. The third-order valence-electron chi connectivity index (χ3n) is 6.37. The van der Waals surface area contributed by atoms with E-state index in [-0.39, 0.29) is 69.3 Å². The van der Waals surface area contributed by atoms with Crippen molar-refractivity contribution in [2.75, 3.05) is 9.80 Å². The molecule has 1 aliphatic rings. The molecule has 5 rings (SSSR count). The van der Waals surface area contributed by atoms with Crippen LogP contribution in [0.1, 0.15) is 51.8 Å². The zero-order valence-electron chi connectivity index (χ0n) is 21.0. The first-order valence-corrected chi connectivity index (χ1v) is 14.1. The standard InChI is InChI=1S/C29H12Cl6N2O6/c30-13-9-20(34)24(21(35)10-13)28(41)37(27(40)23-17(31)2-1-3-18(23)32)22-7-5-14(11-19(22)33)36-25(38)15-6-4-12(29(42)43)8-16(15)26(36)39/h1-11H,(H,42,43). The van der Waals surface area contributed by atoms with Crippen LogP contribution >= 0.6 is 69.6 Å². The van der Waals surface area contributed by atoms with E-state index in [4.69, 9.17) is 69.6 Å². The van der Waals surface area contributed by atoms with E-state index in [1.54, 1.807) is 0 Å². The lowest BCUT2D eigenvalue weighted by Crippen LogP contribution is -2.38. The first-order valence-electron chi connectivity index (χ1n) is 11.8. The highest BCUT2D eigenvalue weighted by Crippen LogP contribution is 2.39. The Kier molecular flexibility index (Phi) is 8.46. The molecular weight excluding hydrogens is 685 g/mol. The molecule has 1 heterocycles. The number of rotatable bonds is 5. The maximum absolute atomic E-state index is 14.0. The number of imide groups is 2. The van der Waals surface area contributed by atoms with Crippen LogP contribution in [0.4, 0.5) is 11.4 Å². The Bertz CT molecular complexity index is 1880. The van der Waals surface area contributed by atoms with Gasteiger partial charge in [-0.1, -0.05) is 75.7 Å². The molecule has 0 fully saturated rings. The van der Waals surface area contributed by atoms with Crippen LogP contribution in [-0.4, -0.2) is 34.7 Å². The van der Waals surface area contributed by atoms with Crippen LogP contribution in [0, 0.1) is 0 Å². The van der Waals surface area contributed by atoms with Crippen molar-refractivity contribution in [2.45, 2.75) is 0 Å².